The number of hydrogen-bond acceptors (Lipinski definition) is 4. The van der Waals surface area contributed by atoms with Crippen molar-refractivity contribution in [3.05, 3.63) is 18.2 Å². The van der Waals surface area contributed by atoms with Gasteiger partial charge < -0.3 is 21.1 Å². The average molecular weight is 254 g/mol. The van der Waals surface area contributed by atoms with Gasteiger partial charge in [-0.25, -0.2) is 4.98 Å². The molecule has 0 aliphatic heterocycles. The maximum absolute atomic E-state index is 11.8. The fraction of sp³-hybridized carbons (Fsp3) is 0.667. The minimum atomic E-state index is -0.633. The van der Waals surface area contributed by atoms with E-state index in [2.05, 4.69) is 15.3 Å². The summed E-state index contributed by atoms with van der Waals surface area (Å²) in [5.74, 6) is 0.163. The molecule has 0 bridgehead atoms. The van der Waals surface area contributed by atoms with E-state index in [0.29, 0.717) is 12.3 Å². The van der Waals surface area contributed by atoms with E-state index in [4.69, 9.17) is 5.73 Å². The Morgan fingerprint density at radius 3 is 2.83 bits per heavy atom. The van der Waals surface area contributed by atoms with E-state index in [1.165, 1.54) is 0 Å². The first-order valence-electron chi connectivity index (χ1n) is 6.17. The topological polar surface area (TPSA) is 104 Å². The highest BCUT2D eigenvalue weighted by Gasteiger charge is 2.19. The second kappa shape index (κ2) is 7.13. The van der Waals surface area contributed by atoms with Crippen LogP contribution in [0.5, 0.6) is 0 Å². The van der Waals surface area contributed by atoms with E-state index in [-0.39, 0.29) is 18.6 Å². The molecule has 0 aliphatic rings. The van der Waals surface area contributed by atoms with Crippen LogP contribution < -0.4 is 11.1 Å². The monoisotopic (exact) mass is 254 g/mol. The fourth-order valence-electron chi connectivity index (χ4n) is 1.78. The highest BCUT2D eigenvalue weighted by molar-refractivity contribution is 5.82. The number of aliphatic hydroxyl groups is 1. The maximum Gasteiger partial charge on any atom is 0.237 e. The lowest BCUT2D eigenvalue weighted by Gasteiger charge is -2.20. The molecule has 0 radical (unpaired) electrons. The smallest absolute Gasteiger partial charge is 0.237 e. The molecule has 1 heterocycles. The highest BCUT2D eigenvalue weighted by atomic mass is 16.3. The van der Waals surface area contributed by atoms with Crippen LogP contribution in [-0.4, -0.2) is 39.7 Å². The standard InChI is InChI=1S/C12H22N4O2/c1-8(2)3-10(6-17)16-12(18)11(13)4-9-5-14-7-15-9/h5,7-8,10-11,17H,3-4,6,13H2,1-2H3,(H,14,15)(H,16,18)/t10-,11-/m0/s1. The van der Waals surface area contributed by atoms with E-state index in [0.717, 1.165) is 12.1 Å². The van der Waals surface area contributed by atoms with Crippen molar-refractivity contribution in [3.63, 3.8) is 0 Å². The van der Waals surface area contributed by atoms with E-state index in [9.17, 15) is 9.90 Å². The van der Waals surface area contributed by atoms with Gasteiger partial charge in [0.25, 0.3) is 0 Å². The number of imidazole rings is 1. The van der Waals surface area contributed by atoms with Crippen LogP contribution in [0.4, 0.5) is 0 Å². The SMILES string of the molecule is CC(C)C[C@@H](CO)NC(=O)[C@@H](N)Cc1cnc[nH]1. The average Bonchev–Trinajstić information content (AvgIpc) is 2.80. The normalized spacial score (nSPS) is 14.5. The van der Waals surface area contributed by atoms with Crippen molar-refractivity contribution in [2.24, 2.45) is 11.7 Å². The number of carbonyl (C=O) groups is 1. The van der Waals surface area contributed by atoms with Gasteiger partial charge in [0.15, 0.2) is 0 Å². The quantitative estimate of drug-likeness (QED) is 0.541. The van der Waals surface area contributed by atoms with Gasteiger partial charge in [-0.2, -0.15) is 0 Å². The Morgan fingerprint density at radius 1 is 1.61 bits per heavy atom. The maximum atomic E-state index is 11.8. The molecule has 1 aromatic heterocycles. The van der Waals surface area contributed by atoms with Crippen molar-refractivity contribution in [2.45, 2.75) is 38.8 Å². The summed E-state index contributed by atoms with van der Waals surface area (Å²) in [5.41, 5.74) is 6.62. The lowest BCUT2D eigenvalue weighted by atomic mass is 10.0. The van der Waals surface area contributed by atoms with Gasteiger partial charge in [0.05, 0.1) is 25.0 Å². The van der Waals surface area contributed by atoms with Crippen LogP contribution in [0.3, 0.4) is 0 Å². The number of nitrogens with two attached hydrogens (primary N) is 1. The van der Waals surface area contributed by atoms with Gasteiger partial charge in [0.1, 0.15) is 0 Å². The summed E-state index contributed by atoms with van der Waals surface area (Å²) in [7, 11) is 0. The summed E-state index contributed by atoms with van der Waals surface area (Å²) in [6.45, 7) is 4.01. The number of H-pyrrole nitrogens is 1. The summed E-state index contributed by atoms with van der Waals surface area (Å²) in [5, 5.41) is 12.0. The van der Waals surface area contributed by atoms with Gasteiger partial charge in [-0.05, 0) is 12.3 Å². The Kier molecular flexibility index (Phi) is 5.80. The van der Waals surface area contributed by atoms with E-state index in [1.54, 1.807) is 12.5 Å². The Bertz CT molecular complexity index is 351. The van der Waals surface area contributed by atoms with Crippen LogP contribution in [0.25, 0.3) is 0 Å². The van der Waals surface area contributed by atoms with Crippen LogP contribution in [0, 0.1) is 5.92 Å². The van der Waals surface area contributed by atoms with E-state index >= 15 is 0 Å². The number of aliphatic hydroxyl groups excluding tert-OH is 1. The first-order valence-corrected chi connectivity index (χ1v) is 6.17. The molecular weight excluding hydrogens is 232 g/mol. The van der Waals surface area contributed by atoms with Crippen molar-refractivity contribution < 1.29 is 9.90 Å². The number of amides is 1. The van der Waals surface area contributed by atoms with Crippen molar-refractivity contribution >= 4 is 5.91 Å². The predicted octanol–water partition coefficient (Wildman–Crippen LogP) is -0.197. The van der Waals surface area contributed by atoms with Crippen LogP contribution in [0.15, 0.2) is 12.5 Å². The Balaban J connectivity index is 2.43. The largest absolute Gasteiger partial charge is 0.394 e. The molecule has 5 N–H and O–H groups in total. The molecule has 1 rings (SSSR count). The molecule has 0 spiro atoms. The summed E-state index contributed by atoms with van der Waals surface area (Å²) in [6, 6.07) is -0.864. The lowest BCUT2D eigenvalue weighted by molar-refractivity contribution is -0.123. The number of aromatic nitrogens is 2. The van der Waals surface area contributed by atoms with Gasteiger partial charge in [-0.1, -0.05) is 13.8 Å². The van der Waals surface area contributed by atoms with E-state index < -0.39 is 6.04 Å². The number of hydrogen-bond donors (Lipinski definition) is 4. The summed E-state index contributed by atoms with van der Waals surface area (Å²) in [4.78, 5) is 18.6. The second-order valence-corrected chi connectivity index (χ2v) is 4.91. The first kappa shape index (κ1) is 14.7. The molecular formula is C12H22N4O2. The van der Waals surface area contributed by atoms with Crippen LogP contribution >= 0.6 is 0 Å². The Labute approximate surface area is 107 Å². The van der Waals surface area contributed by atoms with Crippen molar-refractivity contribution in [1.29, 1.82) is 0 Å². The number of aromatic amines is 1. The van der Waals surface area contributed by atoms with Crippen LogP contribution in [0.2, 0.25) is 0 Å². The summed E-state index contributed by atoms with van der Waals surface area (Å²) < 4.78 is 0. The zero-order valence-corrected chi connectivity index (χ0v) is 10.9. The molecule has 0 saturated heterocycles. The molecule has 0 aliphatic carbocycles. The van der Waals surface area contributed by atoms with Crippen LogP contribution in [0.1, 0.15) is 26.0 Å². The highest BCUT2D eigenvalue weighted by Crippen LogP contribution is 2.05. The molecule has 2 atom stereocenters. The van der Waals surface area contributed by atoms with Gasteiger partial charge in [-0.3, -0.25) is 4.79 Å². The molecule has 6 nitrogen and oxygen atoms in total. The van der Waals surface area contributed by atoms with Crippen molar-refractivity contribution in [1.82, 2.24) is 15.3 Å². The zero-order valence-electron chi connectivity index (χ0n) is 10.9. The van der Waals surface area contributed by atoms with Crippen molar-refractivity contribution in [2.75, 3.05) is 6.61 Å². The summed E-state index contributed by atoms with van der Waals surface area (Å²) >= 11 is 0. The summed E-state index contributed by atoms with van der Waals surface area (Å²) in [6.07, 6.45) is 4.34. The predicted molar refractivity (Wildman–Crippen MR) is 68.7 cm³/mol. The molecule has 0 aromatic carbocycles. The molecule has 0 saturated carbocycles. The third-order valence-corrected chi connectivity index (χ3v) is 2.65. The van der Waals surface area contributed by atoms with E-state index in [1.807, 2.05) is 13.8 Å². The minimum Gasteiger partial charge on any atom is -0.394 e. The zero-order chi connectivity index (χ0) is 13.5. The number of carbonyl (C=O) groups excluding carboxylic acids is 1. The lowest BCUT2D eigenvalue weighted by Crippen LogP contribution is -2.48. The molecule has 102 valence electrons. The van der Waals surface area contributed by atoms with Gasteiger partial charge in [0, 0.05) is 18.3 Å². The third kappa shape index (κ3) is 4.85. The number of rotatable bonds is 7. The fourth-order valence-corrected chi connectivity index (χ4v) is 1.78. The molecule has 0 unspecified atom stereocenters. The third-order valence-electron chi connectivity index (χ3n) is 2.65. The molecule has 0 fully saturated rings. The first-order chi connectivity index (χ1) is 8.52. The molecule has 1 aromatic rings. The molecule has 18 heavy (non-hydrogen) atoms. The van der Waals surface area contributed by atoms with Crippen LogP contribution in [-0.2, 0) is 11.2 Å². The number of nitrogens with zero attached hydrogens (tertiary/aromatic N) is 1. The Hall–Kier alpha value is -1.40. The van der Waals surface area contributed by atoms with Crippen molar-refractivity contribution in [3.8, 4) is 0 Å². The number of nitrogens with one attached hydrogen (secondary N) is 2. The van der Waals surface area contributed by atoms with Gasteiger partial charge >= 0.3 is 0 Å². The Morgan fingerprint density at radius 2 is 2.33 bits per heavy atom. The molecule has 1 amide bonds. The second-order valence-electron chi connectivity index (χ2n) is 4.91. The van der Waals surface area contributed by atoms with Gasteiger partial charge in [-0.15, -0.1) is 0 Å². The minimum absolute atomic E-state index is 0.0688. The molecule has 6 heteroatoms. The van der Waals surface area contributed by atoms with Gasteiger partial charge in [0.2, 0.25) is 5.91 Å².